The van der Waals surface area contributed by atoms with Crippen LogP contribution in [0.3, 0.4) is 0 Å². The lowest BCUT2D eigenvalue weighted by Gasteiger charge is -2.18. The van der Waals surface area contributed by atoms with E-state index in [1.807, 2.05) is 103 Å². The Kier molecular flexibility index (Phi) is 39.9. The molecular formula is C51H72O6. The molecule has 0 fully saturated rings. The number of hydrogen-bond donors (Lipinski definition) is 0. The molecule has 0 aromatic carbocycles. The van der Waals surface area contributed by atoms with Crippen LogP contribution in [0.1, 0.15) is 124 Å². The van der Waals surface area contributed by atoms with Crippen molar-refractivity contribution in [1.82, 2.24) is 0 Å². The SMILES string of the molecule is CC\C=C/C=C\C=C/C=C\C=C/CCCCCC(=O)OCC(COC(=O)C/C=C\C/C=C\C/C=C\CC)OC(=O)CCCCC\C=C/C=C\C=C/C=C\C=C/CC. The molecule has 0 amide bonds. The molecule has 6 heteroatoms. The van der Waals surface area contributed by atoms with Crippen LogP contribution in [0.25, 0.3) is 0 Å². The van der Waals surface area contributed by atoms with E-state index in [-0.39, 0.29) is 38.4 Å². The number of esters is 3. The van der Waals surface area contributed by atoms with Gasteiger partial charge in [0, 0.05) is 12.8 Å². The Morgan fingerprint density at radius 2 is 0.772 bits per heavy atom. The molecule has 0 aliphatic rings. The molecule has 0 aromatic rings. The second-order valence-electron chi connectivity index (χ2n) is 13.0. The third-order valence-electron chi connectivity index (χ3n) is 7.80. The molecule has 0 saturated heterocycles. The van der Waals surface area contributed by atoms with E-state index in [4.69, 9.17) is 14.2 Å². The zero-order valence-electron chi connectivity index (χ0n) is 35.3. The molecule has 0 saturated carbocycles. The molecule has 0 aliphatic carbocycles. The number of hydrogen-bond acceptors (Lipinski definition) is 6. The molecule has 6 nitrogen and oxygen atoms in total. The fraction of sp³-hybridized carbons (Fsp3) is 0.431. The van der Waals surface area contributed by atoms with Gasteiger partial charge >= 0.3 is 17.9 Å². The molecular weight excluding hydrogens is 709 g/mol. The summed E-state index contributed by atoms with van der Waals surface area (Å²) in [5, 5.41) is 0. The van der Waals surface area contributed by atoms with E-state index in [2.05, 4.69) is 69.4 Å². The quantitative estimate of drug-likeness (QED) is 0.0213. The van der Waals surface area contributed by atoms with Crippen LogP contribution < -0.4 is 0 Å². The van der Waals surface area contributed by atoms with Gasteiger partial charge in [0.25, 0.3) is 0 Å². The Balaban J connectivity index is 4.67. The minimum absolute atomic E-state index is 0.108. The van der Waals surface area contributed by atoms with E-state index in [1.165, 1.54) is 0 Å². The van der Waals surface area contributed by atoms with E-state index in [0.29, 0.717) is 12.8 Å². The van der Waals surface area contributed by atoms with Crippen molar-refractivity contribution in [3.05, 3.63) is 158 Å². The molecule has 57 heavy (non-hydrogen) atoms. The molecule has 312 valence electrons. The molecule has 0 rings (SSSR count). The fourth-order valence-electron chi connectivity index (χ4n) is 4.72. The summed E-state index contributed by atoms with van der Waals surface area (Å²) in [5.41, 5.74) is 0. The Labute approximate surface area is 346 Å². The molecule has 0 N–H and O–H groups in total. The summed E-state index contributed by atoms with van der Waals surface area (Å²) in [5.74, 6) is -1.19. The van der Waals surface area contributed by atoms with Crippen LogP contribution in [0.2, 0.25) is 0 Å². The third-order valence-corrected chi connectivity index (χ3v) is 7.80. The van der Waals surface area contributed by atoms with Crippen molar-refractivity contribution in [1.29, 1.82) is 0 Å². The van der Waals surface area contributed by atoms with E-state index < -0.39 is 18.0 Å². The molecule has 0 spiro atoms. The van der Waals surface area contributed by atoms with E-state index in [0.717, 1.165) is 70.6 Å². The van der Waals surface area contributed by atoms with Gasteiger partial charge in [-0.05, 0) is 70.6 Å². The predicted octanol–water partition coefficient (Wildman–Crippen LogP) is 13.5. The summed E-state index contributed by atoms with van der Waals surface area (Å²) < 4.78 is 16.5. The maximum absolute atomic E-state index is 12.7. The summed E-state index contributed by atoms with van der Waals surface area (Å²) in [7, 11) is 0. The van der Waals surface area contributed by atoms with Crippen LogP contribution in [0.4, 0.5) is 0 Å². The highest BCUT2D eigenvalue weighted by molar-refractivity contribution is 5.72. The molecule has 0 aliphatic heterocycles. The van der Waals surface area contributed by atoms with Gasteiger partial charge in [-0.25, -0.2) is 0 Å². The second kappa shape index (κ2) is 43.8. The lowest BCUT2D eigenvalue weighted by Crippen LogP contribution is -2.30. The highest BCUT2D eigenvalue weighted by atomic mass is 16.6. The van der Waals surface area contributed by atoms with Crippen molar-refractivity contribution < 1.29 is 28.6 Å². The van der Waals surface area contributed by atoms with Crippen molar-refractivity contribution in [3.63, 3.8) is 0 Å². The summed E-state index contributed by atoms with van der Waals surface area (Å²) in [6.45, 7) is 6.00. The largest absolute Gasteiger partial charge is 0.462 e. The van der Waals surface area contributed by atoms with Crippen molar-refractivity contribution >= 4 is 17.9 Å². The lowest BCUT2D eigenvalue weighted by atomic mass is 10.1. The number of unbranched alkanes of at least 4 members (excludes halogenated alkanes) is 6. The zero-order chi connectivity index (χ0) is 41.5. The maximum Gasteiger partial charge on any atom is 0.309 e. The summed E-state index contributed by atoms with van der Waals surface area (Å²) in [6.07, 6.45) is 64.0. The standard InChI is InChI=1S/C51H72O6/c1-4-7-10-13-16-19-21-23-25-27-29-32-35-38-41-44-50(53)56-47-48(46-55-49(52)43-40-37-34-31-18-15-12-9-6-3)57-51(54)45-42-39-36-33-30-28-26-24-22-20-17-14-11-8-5-2/h7-14,16-31,37,40,48H,4-6,15,32-36,38-39,41-47H2,1-3H3/b10-7-,11-8-,12-9-,16-13-,17-14-,21-19-,22-20-,25-23-,26-24-,29-27-,30-28-,31-18-,40-37-. The van der Waals surface area contributed by atoms with Crippen LogP contribution in [0.15, 0.2) is 158 Å². The highest BCUT2D eigenvalue weighted by Crippen LogP contribution is 2.09. The van der Waals surface area contributed by atoms with Gasteiger partial charge in [-0.3, -0.25) is 14.4 Å². The van der Waals surface area contributed by atoms with Gasteiger partial charge < -0.3 is 14.2 Å². The lowest BCUT2D eigenvalue weighted by molar-refractivity contribution is -0.166. The number of ether oxygens (including phenoxy) is 3. The topological polar surface area (TPSA) is 78.9 Å². The highest BCUT2D eigenvalue weighted by Gasteiger charge is 2.19. The number of rotatable bonds is 34. The number of carbonyl (C=O) groups is 3. The second-order valence-corrected chi connectivity index (χ2v) is 13.0. The molecule has 0 heterocycles. The van der Waals surface area contributed by atoms with Gasteiger partial charge in [-0.2, -0.15) is 0 Å². The van der Waals surface area contributed by atoms with Crippen molar-refractivity contribution in [2.75, 3.05) is 13.2 Å². The van der Waals surface area contributed by atoms with Gasteiger partial charge in [0.05, 0.1) is 6.42 Å². The predicted molar refractivity (Wildman–Crippen MR) is 242 cm³/mol. The van der Waals surface area contributed by atoms with Crippen LogP contribution in [-0.2, 0) is 28.6 Å². The first kappa shape index (κ1) is 52.0. The van der Waals surface area contributed by atoms with Gasteiger partial charge in [0.1, 0.15) is 13.2 Å². The zero-order valence-corrected chi connectivity index (χ0v) is 35.3. The molecule has 0 aromatic heterocycles. The smallest absolute Gasteiger partial charge is 0.309 e. The normalized spacial score (nSPS) is 13.7. The minimum Gasteiger partial charge on any atom is -0.462 e. The average molecular weight is 781 g/mol. The Hall–Kier alpha value is -4.97. The molecule has 1 unspecified atom stereocenters. The first-order valence-corrected chi connectivity index (χ1v) is 21.1. The Bertz CT molecular complexity index is 1410. The first-order valence-electron chi connectivity index (χ1n) is 21.1. The average Bonchev–Trinajstić information content (AvgIpc) is 3.21. The van der Waals surface area contributed by atoms with E-state index in [9.17, 15) is 14.4 Å². The third kappa shape index (κ3) is 42.0. The number of allylic oxidation sites excluding steroid dienone is 25. The van der Waals surface area contributed by atoms with Gasteiger partial charge in [0.2, 0.25) is 0 Å². The summed E-state index contributed by atoms with van der Waals surface area (Å²) >= 11 is 0. The van der Waals surface area contributed by atoms with Crippen LogP contribution >= 0.6 is 0 Å². The fourth-order valence-corrected chi connectivity index (χ4v) is 4.72. The molecule has 1 atom stereocenters. The molecule has 0 bridgehead atoms. The molecule has 0 radical (unpaired) electrons. The van der Waals surface area contributed by atoms with Crippen molar-refractivity contribution in [2.45, 2.75) is 130 Å². The van der Waals surface area contributed by atoms with E-state index >= 15 is 0 Å². The van der Waals surface area contributed by atoms with Crippen LogP contribution in [-0.4, -0.2) is 37.2 Å². The Morgan fingerprint density at radius 1 is 0.386 bits per heavy atom. The van der Waals surface area contributed by atoms with E-state index in [1.54, 1.807) is 6.08 Å². The number of carbonyl (C=O) groups excluding carboxylic acids is 3. The minimum atomic E-state index is -0.859. The van der Waals surface area contributed by atoms with Crippen molar-refractivity contribution in [2.24, 2.45) is 0 Å². The van der Waals surface area contributed by atoms with Crippen LogP contribution in [0.5, 0.6) is 0 Å². The van der Waals surface area contributed by atoms with Gasteiger partial charge in [-0.1, -0.05) is 192 Å². The summed E-state index contributed by atoms with van der Waals surface area (Å²) in [4.78, 5) is 37.6. The maximum atomic E-state index is 12.7. The monoisotopic (exact) mass is 781 g/mol. The van der Waals surface area contributed by atoms with Crippen LogP contribution in [0, 0.1) is 0 Å². The van der Waals surface area contributed by atoms with Gasteiger partial charge in [-0.15, -0.1) is 0 Å². The van der Waals surface area contributed by atoms with Crippen molar-refractivity contribution in [3.8, 4) is 0 Å². The Morgan fingerprint density at radius 3 is 1.25 bits per heavy atom. The first-order chi connectivity index (χ1) is 28.0. The van der Waals surface area contributed by atoms with Gasteiger partial charge in [0.15, 0.2) is 6.10 Å². The summed E-state index contributed by atoms with van der Waals surface area (Å²) in [6, 6.07) is 0.